The van der Waals surface area contributed by atoms with Crippen LogP contribution in [0, 0.1) is 0 Å². The molecule has 5 rings (SSSR count). The normalized spacial score (nSPS) is 18.7. The number of anilines is 3. The molecule has 224 valence electrons. The highest BCUT2D eigenvalue weighted by atomic mass is 35.5. The van der Waals surface area contributed by atoms with Crippen molar-refractivity contribution in [3.8, 4) is 0 Å². The highest BCUT2D eigenvalue weighted by Crippen LogP contribution is 2.34. The van der Waals surface area contributed by atoms with Gasteiger partial charge >= 0.3 is 11.9 Å². The van der Waals surface area contributed by atoms with E-state index in [1.54, 1.807) is 26.0 Å². The van der Waals surface area contributed by atoms with Crippen LogP contribution in [-0.4, -0.2) is 56.8 Å². The summed E-state index contributed by atoms with van der Waals surface area (Å²) in [7, 11) is 0. The van der Waals surface area contributed by atoms with Gasteiger partial charge in [-0.3, -0.25) is 0 Å². The van der Waals surface area contributed by atoms with Crippen LogP contribution < -0.4 is 16.4 Å². The first-order valence-corrected chi connectivity index (χ1v) is 14.0. The summed E-state index contributed by atoms with van der Waals surface area (Å²) in [6.45, 7) is 3.91. The number of fused-ring (bicyclic) bond motifs is 1. The summed E-state index contributed by atoms with van der Waals surface area (Å²) in [4.78, 5) is 39.5. The van der Waals surface area contributed by atoms with Gasteiger partial charge in [-0.2, -0.15) is 9.97 Å². The summed E-state index contributed by atoms with van der Waals surface area (Å²) in [6.07, 6.45) is 10.2. The Morgan fingerprint density at radius 3 is 2.12 bits per heavy atom. The number of hydrogen-bond acceptors (Lipinski definition) is 10. The Hall–Kier alpha value is -3.15. The fraction of sp³-hybridized carbons (Fsp3) is 0.536. The highest BCUT2D eigenvalue weighted by Gasteiger charge is 2.24. The second-order valence-electron chi connectivity index (χ2n) is 10.3. The van der Waals surface area contributed by atoms with Crippen LogP contribution in [-0.2, 0) is 9.47 Å². The maximum atomic E-state index is 12.6. The van der Waals surface area contributed by atoms with Crippen molar-refractivity contribution in [3.05, 3.63) is 35.7 Å². The third-order valence-electron chi connectivity index (χ3n) is 7.46. The van der Waals surface area contributed by atoms with Gasteiger partial charge in [-0.25, -0.2) is 14.6 Å². The number of carbonyl (C=O) groups is 2. The first-order chi connectivity index (χ1) is 18.9. The number of rotatable bonds is 9. The Morgan fingerprint density at radius 1 is 0.927 bits per heavy atom. The Labute approximate surface area is 252 Å². The largest absolute Gasteiger partial charge is 0.462 e. The SMILES string of the molecule is CCOC(=O)c1cc(Nc2nc(N[C@H]3CC[C@H](N)CC3)nc3c2ncn3C2CCCC2)cc(C(=O)OCC)c1.Cl.Cl. The second-order valence-corrected chi connectivity index (χ2v) is 10.3. The van der Waals surface area contributed by atoms with Crippen LogP contribution in [0.15, 0.2) is 24.5 Å². The number of hydrogen-bond donors (Lipinski definition) is 3. The van der Waals surface area contributed by atoms with E-state index in [2.05, 4.69) is 20.2 Å². The van der Waals surface area contributed by atoms with Crippen molar-refractivity contribution in [2.75, 3.05) is 23.8 Å². The molecule has 4 N–H and O–H groups in total. The van der Waals surface area contributed by atoms with E-state index in [0.717, 1.165) is 44.2 Å². The third-order valence-corrected chi connectivity index (χ3v) is 7.46. The molecule has 2 aliphatic rings. The Morgan fingerprint density at radius 2 is 1.54 bits per heavy atom. The van der Waals surface area contributed by atoms with Crippen LogP contribution in [0.25, 0.3) is 11.2 Å². The molecule has 3 aromatic rings. The Kier molecular flexibility index (Phi) is 11.6. The van der Waals surface area contributed by atoms with Crippen molar-refractivity contribution in [2.45, 2.75) is 83.3 Å². The van der Waals surface area contributed by atoms with E-state index in [0.29, 0.717) is 29.0 Å². The Bertz CT molecular complexity index is 1300. The molecule has 0 bridgehead atoms. The average molecular weight is 609 g/mol. The van der Waals surface area contributed by atoms with Crippen molar-refractivity contribution < 1.29 is 19.1 Å². The molecular formula is C28H39Cl2N7O4. The molecule has 0 amide bonds. The zero-order chi connectivity index (χ0) is 27.4. The van der Waals surface area contributed by atoms with Gasteiger partial charge in [-0.1, -0.05) is 12.8 Å². The molecule has 2 aliphatic carbocycles. The van der Waals surface area contributed by atoms with Crippen molar-refractivity contribution in [1.29, 1.82) is 0 Å². The zero-order valence-electron chi connectivity index (χ0n) is 23.4. The molecule has 0 unspecified atom stereocenters. The van der Waals surface area contributed by atoms with Crippen LogP contribution in [0.5, 0.6) is 0 Å². The summed E-state index contributed by atoms with van der Waals surface area (Å²) in [6, 6.07) is 5.58. The topological polar surface area (TPSA) is 146 Å². The molecular weight excluding hydrogens is 569 g/mol. The van der Waals surface area contributed by atoms with E-state index in [-0.39, 0.29) is 61.2 Å². The number of ether oxygens (including phenoxy) is 2. The van der Waals surface area contributed by atoms with E-state index in [9.17, 15) is 9.59 Å². The molecule has 13 heteroatoms. The third kappa shape index (κ3) is 7.58. The number of nitrogens with two attached hydrogens (primary N) is 1. The minimum atomic E-state index is -0.525. The van der Waals surface area contributed by atoms with Crippen molar-refractivity contribution in [1.82, 2.24) is 19.5 Å². The van der Waals surface area contributed by atoms with Gasteiger partial charge in [0.1, 0.15) is 0 Å². The standard InChI is InChI=1S/C28H37N7O4.2ClH/c1-3-38-26(36)17-13-18(27(37)39-4-2)15-21(14-17)31-24-23-25(35(16-30-23)22-7-5-6-8-22)34-28(33-24)32-20-11-9-19(29)10-12-20;;/h13-16,19-20,22H,3-12,29H2,1-2H3,(H2,31,32,33,34);2*1H/t19-,20-;;. The lowest BCUT2D eigenvalue weighted by Crippen LogP contribution is -2.33. The van der Waals surface area contributed by atoms with Gasteiger partial charge in [0.2, 0.25) is 5.95 Å². The number of carbonyl (C=O) groups excluding carboxylic acids is 2. The number of halogens is 2. The lowest BCUT2D eigenvalue weighted by Gasteiger charge is -2.27. The number of nitrogens with one attached hydrogen (secondary N) is 2. The van der Waals surface area contributed by atoms with Gasteiger partial charge in [-0.05, 0) is 70.6 Å². The minimum Gasteiger partial charge on any atom is -0.462 e. The summed E-state index contributed by atoms with van der Waals surface area (Å²) >= 11 is 0. The fourth-order valence-electron chi connectivity index (χ4n) is 5.47. The monoisotopic (exact) mass is 607 g/mol. The molecule has 2 fully saturated rings. The molecule has 0 spiro atoms. The predicted molar refractivity (Wildman–Crippen MR) is 163 cm³/mol. The second kappa shape index (κ2) is 14.7. The lowest BCUT2D eigenvalue weighted by atomic mass is 9.92. The molecule has 0 atom stereocenters. The number of nitrogens with zero attached hydrogens (tertiary/aromatic N) is 4. The molecule has 0 radical (unpaired) electrons. The molecule has 0 saturated heterocycles. The van der Waals surface area contributed by atoms with Gasteiger partial charge < -0.3 is 30.4 Å². The number of esters is 2. The maximum Gasteiger partial charge on any atom is 0.338 e. The molecule has 1 aromatic carbocycles. The summed E-state index contributed by atoms with van der Waals surface area (Å²) in [5, 5.41) is 6.82. The fourth-order valence-corrected chi connectivity index (χ4v) is 5.47. The van der Waals surface area contributed by atoms with Crippen molar-refractivity contribution in [2.24, 2.45) is 5.73 Å². The zero-order valence-corrected chi connectivity index (χ0v) is 25.1. The van der Waals surface area contributed by atoms with E-state index >= 15 is 0 Å². The van der Waals surface area contributed by atoms with Crippen LogP contribution in [0.4, 0.5) is 17.5 Å². The molecule has 0 aliphatic heterocycles. The van der Waals surface area contributed by atoms with E-state index in [1.165, 1.54) is 18.9 Å². The first-order valence-electron chi connectivity index (χ1n) is 14.0. The van der Waals surface area contributed by atoms with Crippen LogP contribution in [0.1, 0.15) is 92.0 Å². The van der Waals surface area contributed by atoms with Gasteiger partial charge in [-0.15, -0.1) is 24.8 Å². The summed E-state index contributed by atoms with van der Waals surface area (Å²) in [5.41, 5.74) is 8.46. The maximum absolute atomic E-state index is 12.6. The van der Waals surface area contributed by atoms with Gasteiger partial charge in [0.15, 0.2) is 17.0 Å². The Balaban J connectivity index is 0.00000231. The average Bonchev–Trinajstić information content (AvgIpc) is 3.60. The molecule has 2 aromatic heterocycles. The number of aromatic nitrogens is 4. The quantitative estimate of drug-likeness (QED) is 0.264. The highest BCUT2D eigenvalue weighted by molar-refractivity contribution is 5.98. The first kappa shape index (κ1) is 32.4. The van der Waals surface area contributed by atoms with Gasteiger partial charge in [0, 0.05) is 23.8 Å². The summed E-state index contributed by atoms with van der Waals surface area (Å²) < 4.78 is 12.5. The van der Waals surface area contributed by atoms with E-state index < -0.39 is 11.9 Å². The van der Waals surface area contributed by atoms with Crippen LogP contribution >= 0.6 is 24.8 Å². The number of imidazole rings is 1. The smallest absolute Gasteiger partial charge is 0.338 e. The van der Waals surface area contributed by atoms with E-state index in [1.807, 2.05) is 6.33 Å². The van der Waals surface area contributed by atoms with Gasteiger partial charge in [0.05, 0.1) is 30.7 Å². The van der Waals surface area contributed by atoms with Crippen molar-refractivity contribution in [3.63, 3.8) is 0 Å². The van der Waals surface area contributed by atoms with E-state index in [4.69, 9.17) is 25.2 Å². The summed E-state index contributed by atoms with van der Waals surface area (Å²) in [5.74, 6) is -0.0502. The molecule has 2 saturated carbocycles. The predicted octanol–water partition coefficient (Wildman–Crippen LogP) is 5.56. The lowest BCUT2D eigenvalue weighted by molar-refractivity contribution is 0.0525. The van der Waals surface area contributed by atoms with Crippen molar-refractivity contribution >= 4 is 65.4 Å². The van der Waals surface area contributed by atoms with Gasteiger partial charge in [0.25, 0.3) is 0 Å². The van der Waals surface area contributed by atoms with Crippen LogP contribution in [0.3, 0.4) is 0 Å². The molecule has 2 heterocycles. The van der Waals surface area contributed by atoms with Crippen LogP contribution in [0.2, 0.25) is 0 Å². The molecule has 11 nitrogen and oxygen atoms in total. The molecule has 41 heavy (non-hydrogen) atoms. The number of benzene rings is 1. The minimum absolute atomic E-state index is 0.